The second kappa shape index (κ2) is 14.0. The van der Waals surface area contributed by atoms with Gasteiger partial charge in [0.1, 0.15) is 25.4 Å². The minimum Gasteiger partial charge on any atom is -0.504 e. The molecule has 0 aromatic heterocycles. The predicted octanol–water partition coefficient (Wildman–Crippen LogP) is 1.14. The number of carboxylic acid groups (broad SMARTS) is 1. The van der Waals surface area contributed by atoms with Gasteiger partial charge in [0.05, 0.1) is 12.2 Å². The fraction of sp³-hybridized carbons (Fsp3) is 0.387. The topological polar surface area (TPSA) is 226 Å². The highest BCUT2D eigenvalue weighted by atomic mass is 16.5. The lowest BCUT2D eigenvalue weighted by molar-refractivity contribution is -0.250. The van der Waals surface area contributed by atoms with E-state index in [2.05, 4.69) is 0 Å². The van der Waals surface area contributed by atoms with Crippen LogP contribution in [0.1, 0.15) is 30.4 Å². The largest absolute Gasteiger partial charge is 0.504 e. The number of rotatable bonds is 12. The number of carboxylic acids is 1. The zero-order valence-corrected chi connectivity index (χ0v) is 23.6. The first-order valence-electron chi connectivity index (χ1n) is 13.9. The lowest BCUT2D eigenvalue weighted by atomic mass is 9.67. The molecule has 4 rings (SSSR count). The number of ketones is 2. The molecule has 236 valence electrons. The van der Waals surface area contributed by atoms with Crippen molar-refractivity contribution >= 4 is 29.7 Å². The molecule has 44 heavy (non-hydrogen) atoms. The van der Waals surface area contributed by atoms with Crippen LogP contribution in [0.4, 0.5) is 0 Å². The Morgan fingerprint density at radius 2 is 1.64 bits per heavy atom. The van der Waals surface area contributed by atoms with Crippen LogP contribution >= 0.6 is 0 Å². The standard InChI is InChI=1S/C31H35NO12/c32-11-12-42-26-9-4-17(14-24(26)37)1-5-19(33)16-43-31(30(40)41)15-25(38)28(39)29-20(31)6-10-27(44-29)22(35)8-3-18-2-7-21(34)23(36)13-18/h1-5,7-9,13-14,20,25,27-29,34,36-39H,6,10-12,15-16,32H2,(H,40,41). The highest BCUT2D eigenvalue weighted by Gasteiger charge is 2.60. The molecule has 8 N–H and O–H groups in total. The van der Waals surface area contributed by atoms with Crippen LogP contribution in [0.3, 0.4) is 0 Å². The molecule has 6 unspecified atom stereocenters. The highest BCUT2D eigenvalue weighted by molar-refractivity contribution is 5.97. The number of hydrogen-bond donors (Lipinski definition) is 7. The predicted molar refractivity (Wildman–Crippen MR) is 155 cm³/mol. The Balaban J connectivity index is 1.43. The number of aliphatic carboxylic acids is 1. The van der Waals surface area contributed by atoms with Gasteiger partial charge in [-0.1, -0.05) is 24.3 Å². The highest BCUT2D eigenvalue weighted by Crippen LogP contribution is 2.45. The van der Waals surface area contributed by atoms with Crippen LogP contribution in [-0.4, -0.2) is 98.0 Å². The zero-order valence-electron chi connectivity index (χ0n) is 23.6. The first-order chi connectivity index (χ1) is 20.9. The van der Waals surface area contributed by atoms with Crippen LogP contribution in [-0.2, 0) is 23.9 Å². The zero-order chi connectivity index (χ0) is 32.0. The van der Waals surface area contributed by atoms with Gasteiger partial charge in [0.2, 0.25) is 0 Å². The van der Waals surface area contributed by atoms with Crippen molar-refractivity contribution in [1.82, 2.24) is 0 Å². The molecule has 0 amide bonds. The van der Waals surface area contributed by atoms with E-state index in [1.165, 1.54) is 48.6 Å². The Labute approximate surface area is 252 Å². The summed E-state index contributed by atoms with van der Waals surface area (Å²) < 4.78 is 16.8. The third-order valence-electron chi connectivity index (χ3n) is 7.71. The molecule has 1 saturated carbocycles. The minimum absolute atomic E-state index is 0.0763. The fourth-order valence-electron chi connectivity index (χ4n) is 5.45. The number of hydrogen-bond acceptors (Lipinski definition) is 12. The maximum absolute atomic E-state index is 12.9. The summed E-state index contributed by atoms with van der Waals surface area (Å²) in [6, 6.07) is 8.47. The average molecular weight is 614 g/mol. The third kappa shape index (κ3) is 7.26. The molecule has 0 spiro atoms. The lowest BCUT2D eigenvalue weighted by Crippen LogP contribution is -2.66. The number of aliphatic hydroxyl groups is 2. The van der Waals surface area contributed by atoms with Gasteiger partial charge in [-0.2, -0.15) is 0 Å². The summed E-state index contributed by atoms with van der Waals surface area (Å²) in [5, 5.41) is 60.7. The van der Waals surface area contributed by atoms with E-state index in [1.807, 2.05) is 0 Å². The number of aliphatic hydroxyl groups excluding tert-OH is 2. The molecule has 1 aliphatic carbocycles. The van der Waals surface area contributed by atoms with Gasteiger partial charge >= 0.3 is 5.97 Å². The van der Waals surface area contributed by atoms with E-state index >= 15 is 0 Å². The Bertz CT molecular complexity index is 1440. The third-order valence-corrected chi connectivity index (χ3v) is 7.71. The smallest absolute Gasteiger partial charge is 0.336 e. The number of nitrogens with two attached hydrogens (primary N) is 1. The quantitative estimate of drug-likeness (QED) is 0.132. The maximum Gasteiger partial charge on any atom is 0.336 e. The van der Waals surface area contributed by atoms with Crippen LogP contribution in [0.5, 0.6) is 23.0 Å². The molecule has 2 fully saturated rings. The summed E-state index contributed by atoms with van der Waals surface area (Å²) in [5.74, 6) is -4.14. The number of phenolic OH excluding ortho intramolecular Hbond substituents is 3. The number of aromatic hydroxyl groups is 3. The molecule has 1 saturated heterocycles. The van der Waals surface area contributed by atoms with E-state index in [0.717, 1.165) is 6.08 Å². The Kier molecular flexibility index (Phi) is 10.4. The van der Waals surface area contributed by atoms with Gasteiger partial charge in [0.15, 0.2) is 40.2 Å². The van der Waals surface area contributed by atoms with E-state index in [-0.39, 0.29) is 49.0 Å². The van der Waals surface area contributed by atoms with E-state index in [9.17, 15) is 45.0 Å². The van der Waals surface area contributed by atoms with Gasteiger partial charge in [-0.15, -0.1) is 0 Å². The van der Waals surface area contributed by atoms with Crippen LogP contribution < -0.4 is 10.5 Å². The Morgan fingerprint density at radius 3 is 2.30 bits per heavy atom. The van der Waals surface area contributed by atoms with Crippen molar-refractivity contribution in [3.63, 3.8) is 0 Å². The number of ether oxygens (including phenoxy) is 3. The summed E-state index contributed by atoms with van der Waals surface area (Å²) >= 11 is 0. The molecular formula is C31H35NO12. The monoisotopic (exact) mass is 613 g/mol. The molecule has 6 atom stereocenters. The van der Waals surface area contributed by atoms with Crippen molar-refractivity contribution in [2.24, 2.45) is 11.7 Å². The van der Waals surface area contributed by atoms with Crippen LogP contribution in [0.25, 0.3) is 12.2 Å². The molecule has 1 aliphatic heterocycles. The normalized spacial score (nSPS) is 26.8. The summed E-state index contributed by atoms with van der Waals surface area (Å²) in [7, 11) is 0. The van der Waals surface area contributed by atoms with Crippen molar-refractivity contribution in [2.75, 3.05) is 19.8 Å². The van der Waals surface area contributed by atoms with E-state index in [4.69, 9.17) is 19.9 Å². The number of carbonyl (C=O) groups is 3. The summed E-state index contributed by atoms with van der Waals surface area (Å²) in [4.78, 5) is 38.1. The molecule has 1 heterocycles. The van der Waals surface area contributed by atoms with Crippen LogP contribution in [0, 0.1) is 5.92 Å². The Hall–Kier alpha value is -4.27. The summed E-state index contributed by atoms with van der Waals surface area (Å²) in [6.07, 6.45) is -0.616. The number of phenols is 3. The number of fused-ring (bicyclic) bond motifs is 1. The Morgan fingerprint density at radius 1 is 0.955 bits per heavy atom. The van der Waals surface area contributed by atoms with Gasteiger partial charge in [0.25, 0.3) is 0 Å². The summed E-state index contributed by atoms with van der Waals surface area (Å²) in [6.45, 7) is -0.186. The number of carbonyl (C=O) groups excluding carboxylic acids is 2. The first-order valence-corrected chi connectivity index (χ1v) is 13.9. The SMILES string of the molecule is NCCOc1ccc(C=CC(=O)COC2(C(=O)O)CC(O)C(O)C3OC(C(=O)C=Cc4ccc(O)c(O)c4)CCC32)cc1O. The second-order valence-electron chi connectivity index (χ2n) is 10.7. The van der Waals surface area contributed by atoms with E-state index < -0.39 is 66.5 Å². The molecule has 2 aromatic rings. The van der Waals surface area contributed by atoms with Gasteiger partial charge in [-0.05, 0) is 60.4 Å². The van der Waals surface area contributed by atoms with Gasteiger partial charge in [-0.25, -0.2) is 4.79 Å². The van der Waals surface area contributed by atoms with Crippen LogP contribution in [0.2, 0.25) is 0 Å². The molecule has 0 bridgehead atoms. The lowest BCUT2D eigenvalue weighted by Gasteiger charge is -2.51. The number of benzene rings is 2. The average Bonchev–Trinajstić information content (AvgIpc) is 3.00. The molecule has 13 nitrogen and oxygen atoms in total. The van der Waals surface area contributed by atoms with Gasteiger partial charge in [0, 0.05) is 18.9 Å². The van der Waals surface area contributed by atoms with Gasteiger partial charge < -0.3 is 50.6 Å². The maximum atomic E-state index is 12.9. The van der Waals surface area contributed by atoms with Crippen molar-refractivity contribution in [2.45, 2.75) is 49.3 Å². The molecular weight excluding hydrogens is 578 g/mol. The van der Waals surface area contributed by atoms with Crippen molar-refractivity contribution < 1.29 is 59.2 Å². The van der Waals surface area contributed by atoms with Crippen molar-refractivity contribution in [1.29, 1.82) is 0 Å². The summed E-state index contributed by atoms with van der Waals surface area (Å²) in [5.41, 5.74) is 4.20. The molecule has 2 aromatic carbocycles. The second-order valence-corrected chi connectivity index (χ2v) is 10.7. The first kappa shape index (κ1) is 32.6. The fourth-order valence-corrected chi connectivity index (χ4v) is 5.45. The minimum atomic E-state index is -2.08. The van der Waals surface area contributed by atoms with Crippen molar-refractivity contribution in [3.8, 4) is 23.0 Å². The van der Waals surface area contributed by atoms with E-state index in [0.29, 0.717) is 11.1 Å². The van der Waals surface area contributed by atoms with Crippen LogP contribution in [0.15, 0.2) is 48.6 Å². The molecule has 13 heteroatoms. The molecule has 0 radical (unpaired) electrons. The van der Waals surface area contributed by atoms with E-state index in [1.54, 1.807) is 6.07 Å². The van der Waals surface area contributed by atoms with Crippen molar-refractivity contribution in [3.05, 3.63) is 59.7 Å². The molecule has 2 aliphatic rings. The van der Waals surface area contributed by atoms with Gasteiger partial charge in [-0.3, -0.25) is 9.59 Å².